The van der Waals surface area contributed by atoms with Crippen LogP contribution in [0, 0.1) is 0 Å². The van der Waals surface area contributed by atoms with E-state index >= 15 is 0 Å². The van der Waals surface area contributed by atoms with Crippen LogP contribution in [-0.4, -0.2) is 6.04 Å². The van der Waals surface area contributed by atoms with Gasteiger partial charge in [0.15, 0.2) is 0 Å². The predicted molar refractivity (Wildman–Crippen MR) is 90.1 cm³/mol. The molecule has 0 heterocycles. The zero-order valence-electron chi connectivity index (χ0n) is 13.7. The Labute approximate surface area is 126 Å². The van der Waals surface area contributed by atoms with Crippen molar-refractivity contribution in [3.8, 4) is 0 Å². The molecular formula is C19H33N. The summed E-state index contributed by atoms with van der Waals surface area (Å²) < 4.78 is 0. The molecule has 0 bridgehead atoms. The second kappa shape index (κ2) is 10.9. The Morgan fingerprint density at radius 3 is 2.20 bits per heavy atom. The second-order valence-corrected chi connectivity index (χ2v) is 6.02. The van der Waals surface area contributed by atoms with Crippen molar-refractivity contribution in [2.45, 2.75) is 84.2 Å². The predicted octanol–water partition coefficient (Wildman–Crippen LogP) is 5.87. The molecule has 2 unspecified atom stereocenters. The molecule has 0 saturated carbocycles. The maximum absolute atomic E-state index is 3.83. The number of rotatable bonds is 11. The molecular weight excluding hydrogens is 242 g/mol. The SMILES string of the molecule is CCCCCCCC(C)NC(CCC)c1ccccc1. The molecule has 1 aromatic rings. The summed E-state index contributed by atoms with van der Waals surface area (Å²) in [6, 6.07) is 12.0. The Bertz CT molecular complexity index is 320. The van der Waals surface area contributed by atoms with Crippen LogP contribution in [0.4, 0.5) is 0 Å². The molecule has 20 heavy (non-hydrogen) atoms. The Morgan fingerprint density at radius 1 is 0.850 bits per heavy atom. The first-order valence-electron chi connectivity index (χ1n) is 8.58. The maximum Gasteiger partial charge on any atom is 0.0322 e. The molecule has 1 nitrogen and oxygen atoms in total. The van der Waals surface area contributed by atoms with Gasteiger partial charge in [-0.1, -0.05) is 82.7 Å². The summed E-state index contributed by atoms with van der Waals surface area (Å²) in [6.45, 7) is 6.89. The van der Waals surface area contributed by atoms with Gasteiger partial charge in [0, 0.05) is 12.1 Å². The van der Waals surface area contributed by atoms with E-state index < -0.39 is 0 Å². The van der Waals surface area contributed by atoms with E-state index in [4.69, 9.17) is 0 Å². The normalized spacial score (nSPS) is 14.2. The van der Waals surface area contributed by atoms with Gasteiger partial charge in [-0.05, 0) is 25.3 Å². The second-order valence-electron chi connectivity index (χ2n) is 6.02. The fourth-order valence-electron chi connectivity index (χ4n) is 2.80. The Balaban J connectivity index is 2.34. The van der Waals surface area contributed by atoms with Gasteiger partial charge in [-0.3, -0.25) is 0 Å². The summed E-state index contributed by atoms with van der Waals surface area (Å²) in [5, 5.41) is 3.83. The van der Waals surface area contributed by atoms with Crippen LogP contribution in [0.15, 0.2) is 30.3 Å². The van der Waals surface area contributed by atoms with Crippen molar-refractivity contribution < 1.29 is 0 Å². The number of nitrogens with one attached hydrogen (secondary N) is 1. The van der Waals surface area contributed by atoms with E-state index in [1.165, 1.54) is 56.9 Å². The fraction of sp³-hybridized carbons (Fsp3) is 0.684. The lowest BCUT2D eigenvalue weighted by atomic mass is 10.00. The van der Waals surface area contributed by atoms with Gasteiger partial charge in [-0.15, -0.1) is 0 Å². The molecule has 1 heteroatoms. The van der Waals surface area contributed by atoms with Gasteiger partial charge in [-0.25, -0.2) is 0 Å². The highest BCUT2D eigenvalue weighted by molar-refractivity contribution is 5.18. The van der Waals surface area contributed by atoms with Crippen molar-refractivity contribution in [3.63, 3.8) is 0 Å². The molecule has 0 aromatic heterocycles. The topological polar surface area (TPSA) is 12.0 Å². The largest absolute Gasteiger partial charge is 0.307 e. The van der Waals surface area contributed by atoms with Gasteiger partial charge >= 0.3 is 0 Å². The molecule has 0 radical (unpaired) electrons. The molecule has 1 N–H and O–H groups in total. The fourth-order valence-corrected chi connectivity index (χ4v) is 2.80. The maximum atomic E-state index is 3.83. The zero-order chi connectivity index (χ0) is 14.6. The van der Waals surface area contributed by atoms with Crippen LogP contribution in [0.5, 0.6) is 0 Å². The van der Waals surface area contributed by atoms with E-state index in [2.05, 4.69) is 56.4 Å². The molecule has 0 aliphatic heterocycles. The van der Waals surface area contributed by atoms with Crippen LogP contribution in [0.25, 0.3) is 0 Å². The lowest BCUT2D eigenvalue weighted by Gasteiger charge is -2.23. The average Bonchev–Trinajstić information content (AvgIpc) is 2.47. The number of hydrogen-bond acceptors (Lipinski definition) is 1. The van der Waals surface area contributed by atoms with Crippen molar-refractivity contribution >= 4 is 0 Å². The number of hydrogen-bond donors (Lipinski definition) is 1. The number of benzene rings is 1. The van der Waals surface area contributed by atoms with E-state index in [0.29, 0.717) is 12.1 Å². The smallest absolute Gasteiger partial charge is 0.0322 e. The summed E-state index contributed by atoms with van der Waals surface area (Å²) in [5.41, 5.74) is 1.44. The van der Waals surface area contributed by atoms with Crippen LogP contribution in [0.1, 0.15) is 83.7 Å². The first kappa shape index (κ1) is 17.2. The van der Waals surface area contributed by atoms with Crippen molar-refractivity contribution in [2.75, 3.05) is 0 Å². The van der Waals surface area contributed by atoms with E-state index in [1.807, 2.05) is 0 Å². The van der Waals surface area contributed by atoms with Crippen LogP contribution in [-0.2, 0) is 0 Å². The first-order chi connectivity index (χ1) is 9.77. The monoisotopic (exact) mass is 275 g/mol. The first-order valence-corrected chi connectivity index (χ1v) is 8.58. The highest BCUT2D eigenvalue weighted by Gasteiger charge is 2.12. The van der Waals surface area contributed by atoms with Crippen molar-refractivity contribution in [1.29, 1.82) is 0 Å². The lowest BCUT2D eigenvalue weighted by Crippen LogP contribution is -2.30. The zero-order valence-corrected chi connectivity index (χ0v) is 13.7. The van der Waals surface area contributed by atoms with Crippen LogP contribution in [0.2, 0.25) is 0 Å². The van der Waals surface area contributed by atoms with E-state index in [1.54, 1.807) is 0 Å². The summed E-state index contributed by atoms with van der Waals surface area (Å²) in [6.07, 6.45) is 10.6. The van der Waals surface area contributed by atoms with Crippen LogP contribution in [0.3, 0.4) is 0 Å². The third kappa shape index (κ3) is 7.09. The molecule has 0 aliphatic carbocycles. The molecule has 2 atom stereocenters. The molecule has 0 fully saturated rings. The minimum absolute atomic E-state index is 0.520. The van der Waals surface area contributed by atoms with E-state index in [-0.39, 0.29) is 0 Å². The summed E-state index contributed by atoms with van der Waals surface area (Å²) in [7, 11) is 0. The van der Waals surface area contributed by atoms with Gasteiger partial charge in [0.2, 0.25) is 0 Å². The van der Waals surface area contributed by atoms with Crippen molar-refractivity contribution in [3.05, 3.63) is 35.9 Å². The molecule has 0 aliphatic rings. The lowest BCUT2D eigenvalue weighted by molar-refractivity contribution is 0.402. The molecule has 114 valence electrons. The van der Waals surface area contributed by atoms with Crippen LogP contribution < -0.4 is 5.32 Å². The highest BCUT2D eigenvalue weighted by Crippen LogP contribution is 2.20. The molecule has 0 saturated heterocycles. The van der Waals surface area contributed by atoms with E-state index in [0.717, 1.165) is 0 Å². The Kier molecular flexibility index (Phi) is 9.40. The molecule has 1 rings (SSSR count). The van der Waals surface area contributed by atoms with Gasteiger partial charge in [0.1, 0.15) is 0 Å². The third-order valence-corrected chi connectivity index (χ3v) is 4.01. The average molecular weight is 275 g/mol. The Morgan fingerprint density at radius 2 is 1.55 bits per heavy atom. The van der Waals surface area contributed by atoms with Crippen molar-refractivity contribution in [2.24, 2.45) is 0 Å². The van der Waals surface area contributed by atoms with Crippen LogP contribution >= 0.6 is 0 Å². The van der Waals surface area contributed by atoms with Crippen molar-refractivity contribution in [1.82, 2.24) is 5.32 Å². The minimum Gasteiger partial charge on any atom is -0.307 e. The quantitative estimate of drug-likeness (QED) is 0.498. The van der Waals surface area contributed by atoms with Gasteiger partial charge in [0.25, 0.3) is 0 Å². The van der Waals surface area contributed by atoms with E-state index in [9.17, 15) is 0 Å². The summed E-state index contributed by atoms with van der Waals surface area (Å²) in [5.74, 6) is 0. The molecule has 0 amide bonds. The van der Waals surface area contributed by atoms with Gasteiger partial charge < -0.3 is 5.32 Å². The molecule has 0 spiro atoms. The summed E-state index contributed by atoms with van der Waals surface area (Å²) in [4.78, 5) is 0. The van der Waals surface area contributed by atoms with Gasteiger partial charge in [0.05, 0.1) is 0 Å². The number of unbranched alkanes of at least 4 members (excludes halogenated alkanes) is 4. The summed E-state index contributed by atoms with van der Waals surface area (Å²) >= 11 is 0. The molecule has 1 aromatic carbocycles. The van der Waals surface area contributed by atoms with Gasteiger partial charge in [-0.2, -0.15) is 0 Å². The Hall–Kier alpha value is -0.820. The highest BCUT2D eigenvalue weighted by atomic mass is 14.9. The third-order valence-electron chi connectivity index (χ3n) is 4.01. The minimum atomic E-state index is 0.520. The standard InChI is InChI=1S/C19H33N/c1-4-6-7-8-10-14-17(3)20-19(13-5-2)18-15-11-9-12-16-18/h9,11-12,15-17,19-20H,4-8,10,13-14H2,1-3H3.